The van der Waals surface area contributed by atoms with Crippen molar-refractivity contribution < 1.29 is 9.32 Å². The molecule has 0 saturated heterocycles. The van der Waals surface area contributed by atoms with Gasteiger partial charge in [0.25, 0.3) is 11.5 Å². The third-order valence-electron chi connectivity index (χ3n) is 4.22. The maximum atomic E-state index is 12.7. The Labute approximate surface area is 142 Å². The molecule has 128 valence electrons. The number of rotatable bonds is 3. The Morgan fingerprint density at radius 3 is 2.96 bits per heavy atom. The Bertz CT molecular complexity index is 929. The summed E-state index contributed by atoms with van der Waals surface area (Å²) in [5.74, 6) is 0.750. The number of hydrogen-bond donors (Lipinski definition) is 0. The van der Waals surface area contributed by atoms with Gasteiger partial charge >= 0.3 is 0 Å². The number of nitrogens with zero attached hydrogens (tertiary/aromatic N) is 6. The molecule has 1 amide bonds. The van der Waals surface area contributed by atoms with Crippen molar-refractivity contribution in [3.8, 4) is 0 Å². The zero-order valence-corrected chi connectivity index (χ0v) is 13.4. The van der Waals surface area contributed by atoms with Crippen LogP contribution in [-0.2, 0) is 19.6 Å². The Hall–Kier alpha value is -3.23. The molecule has 0 N–H and O–H groups in total. The minimum atomic E-state index is -0.243. The fourth-order valence-corrected chi connectivity index (χ4v) is 3.06. The molecule has 0 aromatic carbocycles. The van der Waals surface area contributed by atoms with Crippen LogP contribution in [0.1, 0.15) is 16.4 Å². The van der Waals surface area contributed by atoms with Gasteiger partial charge in [0.15, 0.2) is 0 Å². The van der Waals surface area contributed by atoms with Gasteiger partial charge in [-0.05, 0) is 6.07 Å². The summed E-state index contributed by atoms with van der Waals surface area (Å²) < 4.78 is 8.42. The number of aromatic nitrogens is 5. The van der Waals surface area contributed by atoms with Crippen molar-refractivity contribution in [3.05, 3.63) is 64.9 Å². The first kappa shape index (κ1) is 15.3. The van der Waals surface area contributed by atoms with Gasteiger partial charge < -0.3 is 14.0 Å². The second-order valence-electron chi connectivity index (χ2n) is 5.97. The van der Waals surface area contributed by atoms with E-state index in [-0.39, 0.29) is 23.1 Å². The van der Waals surface area contributed by atoms with Crippen molar-refractivity contribution in [2.75, 3.05) is 6.54 Å². The molecule has 1 atom stereocenters. The molecule has 0 unspecified atom stereocenters. The molecule has 0 saturated carbocycles. The first-order chi connectivity index (χ1) is 12.2. The number of carbonyl (C=O) groups is 1. The van der Waals surface area contributed by atoms with Gasteiger partial charge in [0.05, 0.1) is 19.3 Å². The molecule has 0 fully saturated rings. The zero-order valence-electron chi connectivity index (χ0n) is 13.4. The lowest BCUT2D eigenvalue weighted by molar-refractivity contribution is 0.0670. The predicted octanol–water partition coefficient (Wildman–Crippen LogP) is 0.400. The molecule has 9 heteroatoms. The molecule has 0 spiro atoms. The van der Waals surface area contributed by atoms with Gasteiger partial charge in [-0.3, -0.25) is 9.59 Å². The summed E-state index contributed by atoms with van der Waals surface area (Å²) in [6.45, 7) is 1.90. The van der Waals surface area contributed by atoms with Crippen LogP contribution >= 0.6 is 0 Å². The topological polar surface area (TPSA) is 99.1 Å². The first-order valence-corrected chi connectivity index (χ1v) is 7.93. The summed E-state index contributed by atoms with van der Waals surface area (Å²) in [5, 5.41) is 7.71. The lowest BCUT2D eigenvalue weighted by Crippen LogP contribution is -2.36. The van der Waals surface area contributed by atoms with Crippen LogP contribution in [0.25, 0.3) is 0 Å². The molecule has 25 heavy (non-hydrogen) atoms. The number of carbonyl (C=O) groups excluding carboxylic acids is 1. The number of hydrogen-bond acceptors (Lipinski definition) is 6. The molecule has 1 aliphatic heterocycles. The van der Waals surface area contributed by atoms with Crippen LogP contribution in [0, 0.1) is 5.92 Å². The molecular weight excluding hydrogens is 324 g/mol. The quantitative estimate of drug-likeness (QED) is 0.684. The van der Waals surface area contributed by atoms with E-state index >= 15 is 0 Å². The summed E-state index contributed by atoms with van der Waals surface area (Å²) in [5.41, 5.74) is -0.161. The van der Waals surface area contributed by atoms with Gasteiger partial charge in [0.2, 0.25) is 5.76 Å². The maximum absolute atomic E-state index is 12.7. The molecule has 1 aliphatic rings. The molecule has 4 rings (SSSR count). The monoisotopic (exact) mass is 340 g/mol. The average Bonchev–Trinajstić information content (AvgIpc) is 3.25. The molecule has 0 radical (unpaired) electrons. The van der Waals surface area contributed by atoms with E-state index in [0.29, 0.717) is 26.2 Å². The highest BCUT2D eigenvalue weighted by molar-refractivity contribution is 5.91. The fraction of sp³-hybridized carbons (Fsp3) is 0.312. The van der Waals surface area contributed by atoms with Crippen LogP contribution in [0.15, 0.2) is 52.3 Å². The highest BCUT2D eigenvalue weighted by Crippen LogP contribution is 2.18. The number of imidazole rings is 1. The molecule has 9 nitrogen and oxygen atoms in total. The standard InChI is InChI=1S/C16H16N6O3/c23-15-2-1-4-18-22(15)10-12-8-20-7-6-17-14(20)11-21(9-12)16(24)13-3-5-19-25-13/h1-7,12H,8-11H2/t12-/m0/s1. The van der Waals surface area contributed by atoms with Crippen molar-refractivity contribution in [3.63, 3.8) is 0 Å². The van der Waals surface area contributed by atoms with Crippen LogP contribution in [0.3, 0.4) is 0 Å². The third kappa shape index (κ3) is 3.08. The molecule has 3 aromatic heterocycles. The first-order valence-electron chi connectivity index (χ1n) is 7.93. The molecule has 3 aromatic rings. The Kier molecular flexibility index (Phi) is 3.88. The van der Waals surface area contributed by atoms with Gasteiger partial charge in [0.1, 0.15) is 5.82 Å². The Morgan fingerprint density at radius 1 is 1.24 bits per heavy atom. The number of amides is 1. The van der Waals surface area contributed by atoms with Crippen LogP contribution in [0.2, 0.25) is 0 Å². The second-order valence-corrected chi connectivity index (χ2v) is 5.97. The Morgan fingerprint density at radius 2 is 2.16 bits per heavy atom. The minimum Gasteiger partial charge on any atom is -0.351 e. The fourth-order valence-electron chi connectivity index (χ4n) is 3.06. The maximum Gasteiger partial charge on any atom is 0.292 e. The van der Waals surface area contributed by atoms with Crippen LogP contribution in [-0.4, -0.2) is 41.8 Å². The summed E-state index contributed by atoms with van der Waals surface area (Å²) in [7, 11) is 0. The van der Waals surface area contributed by atoms with Crippen molar-refractivity contribution >= 4 is 5.91 Å². The van der Waals surface area contributed by atoms with E-state index < -0.39 is 0 Å². The van der Waals surface area contributed by atoms with E-state index in [2.05, 4.69) is 15.2 Å². The van der Waals surface area contributed by atoms with E-state index in [0.717, 1.165) is 5.82 Å². The van der Waals surface area contributed by atoms with E-state index in [1.165, 1.54) is 23.0 Å². The third-order valence-corrected chi connectivity index (χ3v) is 4.22. The minimum absolute atomic E-state index is 0.00919. The molecule has 0 bridgehead atoms. The highest BCUT2D eigenvalue weighted by Gasteiger charge is 2.28. The SMILES string of the molecule is O=C(c1ccno1)N1Cc2nccn2C[C@H](Cn2ncccc2=O)C1. The summed E-state index contributed by atoms with van der Waals surface area (Å²) >= 11 is 0. The summed E-state index contributed by atoms with van der Waals surface area (Å²) in [4.78, 5) is 30.6. The van der Waals surface area contributed by atoms with Crippen molar-refractivity contribution in [1.82, 2.24) is 29.4 Å². The van der Waals surface area contributed by atoms with Crippen LogP contribution < -0.4 is 5.56 Å². The smallest absolute Gasteiger partial charge is 0.292 e. The van der Waals surface area contributed by atoms with Crippen molar-refractivity contribution in [1.29, 1.82) is 0 Å². The lowest BCUT2D eigenvalue weighted by atomic mass is 10.1. The van der Waals surface area contributed by atoms with Gasteiger partial charge in [-0.25, -0.2) is 9.67 Å². The van der Waals surface area contributed by atoms with E-state index in [4.69, 9.17) is 4.52 Å². The summed E-state index contributed by atoms with van der Waals surface area (Å²) in [6, 6.07) is 4.63. The van der Waals surface area contributed by atoms with Gasteiger partial charge in [0, 0.05) is 49.7 Å². The van der Waals surface area contributed by atoms with Crippen LogP contribution in [0.4, 0.5) is 0 Å². The predicted molar refractivity (Wildman–Crippen MR) is 85.5 cm³/mol. The molecule has 0 aliphatic carbocycles. The lowest BCUT2D eigenvalue weighted by Gasteiger charge is -2.23. The van der Waals surface area contributed by atoms with Crippen molar-refractivity contribution in [2.24, 2.45) is 5.92 Å². The van der Waals surface area contributed by atoms with E-state index in [9.17, 15) is 9.59 Å². The van der Waals surface area contributed by atoms with E-state index in [1.807, 2.05) is 10.8 Å². The van der Waals surface area contributed by atoms with Crippen molar-refractivity contribution in [2.45, 2.75) is 19.6 Å². The number of fused-ring (bicyclic) bond motifs is 1. The highest BCUT2D eigenvalue weighted by atomic mass is 16.5. The average molecular weight is 340 g/mol. The van der Waals surface area contributed by atoms with Crippen LogP contribution in [0.5, 0.6) is 0 Å². The molecule has 4 heterocycles. The van der Waals surface area contributed by atoms with Gasteiger partial charge in [-0.2, -0.15) is 5.10 Å². The summed E-state index contributed by atoms with van der Waals surface area (Å²) in [6.07, 6.45) is 6.61. The van der Waals surface area contributed by atoms with Gasteiger partial charge in [-0.1, -0.05) is 5.16 Å². The molecular formula is C16H16N6O3. The van der Waals surface area contributed by atoms with E-state index in [1.54, 1.807) is 23.4 Å². The normalized spacial score (nSPS) is 17.1. The Balaban J connectivity index is 1.62. The largest absolute Gasteiger partial charge is 0.351 e. The second kappa shape index (κ2) is 6.34. The zero-order chi connectivity index (χ0) is 17.2. The van der Waals surface area contributed by atoms with Gasteiger partial charge in [-0.15, -0.1) is 0 Å².